The molecule has 0 radical (unpaired) electrons. The van der Waals surface area contributed by atoms with Crippen molar-refractivity contribution < 1.29 is 4.74 Å². The Morgan fingerprint density at radius 2 is 2.12 bits per heavy atom. The first kappa shape index (κ1) is 22.9. The van der Waals surface area contributed by atoms with Gasteiger partial charge in [0.2, 0.25) is 5.88 Å². The molecule has 1 aliphatic heterocycles. The number of likely N-dealkylation sites (tertiary alicyclic amines) is 1. The Morgan fingerprint density at radius 1 is 1.33 bits per heavy atom. The van der Waals surface area contributed by atoms with Gasteiger partial charge in [-0.05, 0) is 19.4 Å². The summed E-state index contributed by atoms with van der Waals surface area (Å²) in [6, 6.07) is 1.81. The van der Waals surface area contributed by atoms with E-state index in [1.54, 1.807) is 17.2 Å². The first-order valence-electron chi connectivity index (χ1n) is 10.9. The number of hydrogen-bond donors (Lipinski definition) is 3. The Kier molecular flexibility index (Phi) is 6.46. The predicted molar refractivity (Wildman–Crippen MR) is 129 cm³/mol. The molecular weight excluding hydrogens is 442 g/mol. The van der Waals surface area contributed by atoms with Crippen molar-refractivity contribution in [3.05, 3.63) is 23.6 Å². The average Bonchev–Trinajstić information content (AvgIpc) is 3.19. The van der Waals surface area contributed by atoms with Crippen molar-refractivity contribution in [2.75, 3.05) is 19.0 Å². The molecule has 3 aromatic rings. The highest BCUT2D eigenvalue weighted by atomic mass is 35.5. The predicted octanol–water partition coefficient (Wildman–Crippen LogP) is 4.06. The zero-order valence-electron chi connectivity index (χ0n) is 19.2. The van der Waals surface area contributed by atoms with E-state index in [9.17, 15) is 0 Å². The second kappa shape index (κ2) is 9.30. The van der Waals surface area contributed by atoms with Crippen molar-refractivity contribution in [1.82, 2.24) is 29.4 Å². The first-order chi connectivity index (χ1) is 15.8. The van der Waals surface area contributed by atoms with Gasteiger partial charge in [0.05, 0.1) is 7.11 Å². The van der Waals surface area contributed by atoms with Crippen LogP contribution in [-0.2, 0) is 6.54 Å². The van der Waals surface area contributed by atoms with E-state index in [1.165, 1.54) is 13.4 Å². The SMILES string of the molecule is CCn1c(-c2cnc(OC)c(Cl)c2)nc2c(NC3CCC(=N)N(C(=N)C(C)C)C3)ncnc21. The largest absolute Gasteiger partial charge is 0.480 e. The van der Waals surface area contributed by atoms with Crippen LogP contribution < -0.4 is 10.1 Å². The van der Waals surface area contributed by atoms with E-state index in [0.717, 1.165) is 12.0 Å². The number of nitrogens with one attached hydrogen (secondary N) is 3. The van der Waals surface area contributed by atoms with Gasteiger partial charge in [-0.2, -0.15) is 0 Å². The molecule has 4 heterocycles. The molecule has 11 heteroatoms. The van der Waals surface area contributed by atoms with Crippen molar-refractivity contribution in [3.63, 3.8) is 0 Å². The molecule has 33 heavy (non-hydrogen) atoms. The van der Waals surface area contributed by atoms with E-state index in [-0.39, 0.29) is 12.0 Å². The summed E-state index contributed by atoms with van der Waals surface area (Å²) in [7, 11) is 1.53. The lowest BCUT2D eigenvalue weighted by atomic mass is 10.0. The van der Waals surface area contributed by atoms with Crippen molar-refractivity contribution in [3.8, 4) is 17.3 Å². The number of methoxy groups -OCH3 is 1. The number of amidine groups is 2. The van der Waals surface area contributed by atoms with Crippen molar-refractivity contribution in [2.45, 2.75) is 46.2 Å². The zero-order chi connectivity index (χ0) is 23.7. The number of fused-ring (bicyclic) bond motifs is 1. The van der Waals surface area contributed by atoms with Crippen molar-refractivity contribution >= 4 is 40.3 Å². The molecule has 1 atom stereocenters. The number of halogens is 1. The number of aryl methyl sites for hydroxylation is 1. The summed E-state index contributed by atoms with van der Waals surface area (Å²) in [4.78, 5) is 19.9. The molecule has 1 fully saturated rings. The molecule has 0 bridgehead atoms. The summed E-state index contributed by atoms with van der Waals surface area (Å²) < 4.78 is 7.17. The Balaban J connectivity index is 1.68. The summed E-state index contributed by atoms with van der Waals surface area (Å²) >= 11 is 6.30. The third-order valence-corrected chi connectivity index (χ3v) is 6.01. The van der Waals surface area contributed by atoms with Crippen LogP contribution in [0, 0.1) is 16.7 Å². The van der Waals surface area contributed by atoms with E-state index >= 15 is 0 Å². The third-order valence-electron chi connectivity index (χ3n) is 5.74. The quantitative estimate of drug-likeness (QED) is 0.366. The highest BCUT2D eigenvalue weighted by Crippen LogP contribution is 2.31. The Hall–Kier alpha value is -3.27. The molecule has 3 aromatic heterocycles. The number of hydrogen-bond acceptors (Lipinski definition) is 8. The molecule has 1 unspecified atom stereocenters. The van der Waals surface area contributed by atoms with Gasteiger partial charge in [-0.15, -0.1) is 0 Å². The van der Waals surface area contributed by atoms with Crippen LogP contribution in [0.5, 0.6) is 5.88 Å². The van der Waals surface area contributed by atoms with E-state index in [0.29, 0.717) is 64.9 Å². The van der Waals surface area contributed by atoms with Gasteiger partial charge < -0.3 is 19.5 Å². The molecule has 4 rings (SSSR count). The van der Waals surface area contributed by atoms with Crippen LogP contribution in [0.3, 0.4) is 0 Å². The Bertz CT molecular complexity index is 1210. The Morgan fingerprint density at radius 3 is 2.79 bits per heavy atom. The van der Waals surface area contributed by atoms with Gasteiger partial charge in [-0.1, -0.05) is 25.4 Å². The van der Waals surface area contributed by atoms with Crippen LogP contribution in [0.15, 0.2) is 18.6 Å². The zero-order valence-corrected chi connectivity index (χ0v) is 19.9. The van der Waals surface area contributed by atoms with E-state index in [1.807, 2.05) is 25.3 Å². The minimum atomic E-state index is 0.0311. The lowest BCUT2D eigenvalue weighted by Gasteiger charge is -2.36. The van der Waals surface area contributed by atoms with Gasteiger partial charge in [0.1, 0.15) is 28.8 Å². The summed E-state index contributed by atoms with van der Waals surface area (Å²) in [6.07, 6.45) is 4.60. The van der Waals surface area contributed by atoms with Gasteiger partial charge in [0.25, 0.3) is 0 Å². The maximum absolute atomic E-state index is 8.36. The highest BCUT2D eigenvalue weighted by molar-refractivity contribution is 6.32. The maximum Gasteiger partial charge on any atom is 0.232 e. The minimum Gasteiger partial charge on any atom is -0.480 e. The molecule has 0 aliphatic carbocycles. The second-order valence-electron chi connectivity index (χ2n) is 8.27. The fraction of sp³-hybridized carbons (Fsp3) is 0.455. The second-order valence-corrected chi connectivity index (χ2v) is 8.67. The summed E-state index contributed by atoms with van der Waals surface area (Å²) in [5.41, 5.74) is 2.13. The monoisotopic (exact) mass is 469 g/mol. The third kappa shape index (κ3) is 4.35. The Labute approximate surface area is 197 Å². The lowest BCUT2D eigenvalue weighted by molar-refractivity contribution is 0.398. The molecule has 1 aliphatic rings. The van der Waals surface area contributed by atoms with Gasteiger partial charge >= 0.3 is 0 Å². The maximum atomic E-state index is 8.36. The van der Waals surface area contributed by atoms with Crippen LogP contribution in [0.25, 0.3) is 22.6 Å². The molecule has 0 saturated carbocycles. The van der Waals surface area contributed by atoms with Crippen molar-refractivity contribution in [2.24, 2.45) is 5.92 Å². The van der Waals surface area contributed by atoms with Crippen LogP contribution in [-0.4, -0.2) is 60.8 Å². The molecule has 1 saturated heterocycles. The number of imidazole rings is 1. The van der Waals surface area contributed by atoms with Gasteiger partial charge in [-0.25, -0.2) is 19.9 Å². The first-order valence-corrected chi connectivity index (χ1v) is 11.3. The summed E-state index contributed by atoms with van der Waals surface area (Å²) in [5, 5.41) is 20.5. The van der Waals surface area contributed by atoms with Gasteiger partial charge in [0, 0.05) is 43.2 Å². The number of ether oxygens (including phenoxy) is 1. The van der Waals surface area contributed by atoms with Crippen LogP contribution in [0.4, 0.5) is 5.82 Å². The number of anilines is 1. The number of rotatable bonds is 6. The highest BCUT2D eigenvalue weighted by Gasteiger charge is 2.28. The number of nitrogens with zero attached hydrogens (tertiary/aromatic N) is 6. The average molecular weight is 470 g/mol. The summed E-state index contributed by atoms with van der Waals surface area (Å²) in [6.45, 7) is 7.17. The van der Waals surface area contributed by atoms with E-state index in [2.05, 4.69) is 20.3 Å². The van der Waals surface area contributed by atoms with Gasteiger partial charge in [0.15, 0.2) is 17.0 Å². The minimum absolute atomic E-state index is 0.0311. The van der Waals surface area contributed by atoms with Crippen molar-refractivity contribution in [1.29, 1.82) is 10.8 Å². The van der Waals surface area contributed by atoms with Crippen LogP contribution >= 0.6 is 11.6 Å². The summed E-state index contributed by atoms with van der Waals surface area (Å²) in [5.74, 6) is 2.70. The fourth-order valence-electron chi connectivity index (χ4n) is 3.99. The van der Waals surface area contributed by atoms with Crippen LogP contribution in [0.2, 0.25) is 5.02 Å². The fourth-order valence-corrected chi connectivity index (χ4v) is 4.24. The topological polar surface area (TPSA) is 129 Å². The molecule has 10 nitrogen and oxygen atoms in total. The number of pyridine rings is 1. The molecule has 3 N–H and O–H groups in total. The normalized spacial score (nSPS) is 16.5. The standard InChI is InChI=1S/C22H28ClN9O/c1-5-31-20(13-8-15(23)22(33-4)26-9-13)30-17-19(27-11-28-21(17)31)29-14-6-7-16(24)32(10-14)18(25)12(2)3/h8-9,11-12,14,24-25H,5-7,10H2,1-4H3,(H,27,28,29). The van der Waals surface area contributed by atoms with E-state index < -0.39 is 0 Å². The smallest absolute Gasteiger partial charge is 0.232 e. The number of piperidine rings is 1. The van der Waals surface area contributed by atoms with Crippen LogP contribution in [0.1, 0.15) is 33.6 Å². The van der Waals surface area contributed by atoms with E-state index in [4.69, 9.17) is 32.1 Å². The lowest BCUT2D eigenvalue weighted by Crippen LogP contribution is -2.49. The van der Waals surface area contributed by atoms with Gasteiger partial charge in [-0.3, -0.25) is 10.8 Å². The molecule has 0 amide bonds. The molecule has 174 valence electrons. The molecule has 0 aromatic carbocycles. The molecular formula is C22H28ClN9O. The number of aromatic nitrogens is 5. The molecule has 0 spiro atoms.